The summed E-state index contributed by atoms with van der Waals surface area (Å²) in [5.74, 6) is 0.348. The summed E-state index contributed by atoms with van der Waals surface area (Å²) in [6, 6.07) is 15.0. The highest BCUT2D eigenvalue weighted by atomic mass is 16.5. The zero-order chi connectivity index (χ0) is 21.9. The van der Waals surface area contributed by atoms with Crippen molar-refractivity contribution in [3.8, 4) is 5.75 Å². The van der Waals surface area contributed by atoms with E-state index in [-0.39, 0.29) is 18.4 Å². The van der Waals surface area contributed by atoms with Crippen molar-refractivity contribution in [1.82, 2.24) is 10.2 Å². The van der Waals surface area contributed by atoms with Crippen molar-refractivity contribution in [2.24, 2.45) is 0 Å². The highest BCUT2D eigenvalue weighted by Gasteiger charge is 2.29. The van der Waals surface area contributed by atoms with E-state index in [1.807, 2.05) is 69.3 Å². The third kappa shape index (κ3) is 6.90. The van der Waals surface area contributed by atoms with Gasteiger partial charge in [-0.05, 0) is 55.5 Å². The quantitative estimate of drug-likeness (QED) is 0.559. The minimum absolute atomic E-state index is 0.103. The van der Waals surface area contributed by atoms with Gasteiger partial charge in [-0.1, -0.05) is 56.7 Å². The Morgan fingerprint density at radius 2 is 1.83 bits per heavy atom. The Labute approximate surface area is 180 Å². The number of nitrogens with one attached hydrogen (secondary N) is 1. The van der Waals surface area contributed by atoms with Crippen molar-refractivity contribution in [2.75, 3.05) is 13.2 Å². The zero-order valence-electron chi connectivity index (χ0n) is 18.6. The van der Waals surface area contributed by atoms with Crippen molar-refractivity contribution in [1.29, 1.82) is 0 Å². The van der Waals surface area contributed by atoms with Crippen LogP contribution in [0.15, 0.2) is 48.5 Å². The summed E-state index contributed by atoms with van der Waals surface area (Å²) in [7, 11) is 0. The van der Waals surface area contributed by atoms with Gasteiger partial charge in [0.1, 0.15) is 11.8 Å². The Bertz CT molecular complexity index is 835. The molecule has 1 N–H and O–H groups in total. The van der Waals surface area contributed by atoms with Crippen LogP contribution in [0.1, 0.15) is 49.8 Å². The number of ether oxygens (including phenoxy) is 1. The van der Waals surface area contributed by atoms with Gasteiger partial charge in [-0.25, -0.2) is 0 Å². The van der Waals surface area contributed by atoms with Crippen LogP contribution in [0.25, 0.3) is 0 Å². The lowest BCUT2D eigenvalue weighted by atomic mass is 10.1. The molecule has 0 heterocycles. The SMILES string of the molecule is CCCCNC(=O)[C@H](CC)N(Cc1ccccc1C)C(=O)COc1cccc(C)c1. The first-order chi connectivity index (χ1) is 14.5. The molecular weight excluding hydrogens is 376 g/mol. The van der Waals surface area contributed by atoms with E-state index in [0.717, 1.165) is 29.5 Å². The molecular formula is C25H34N2O3. The van der Waals surface area contributed by atoms with Crippen LogP contribution in [0.5, 0.6) is 5.75 Å². The fourth-order valence-corrected chi connectivity index (χ4v) is 3.33. The standard InChI is InChI=1S/C25H34N2O3/c1-5-7-15-26-25(29)23(6-2)27(17-21-13-9-8-12-20(21)4)24(28)18-30-22-14-10-11-19(3)16-22/h8-14,16,23H,5-7,15,17-18H2,1-4H3,(H,26,29)/t23-/m0/s1. The van der Waals surface area contributed by atoms with Crippen molar-refractivity contribution < 1.29 is 14.3 Å². The first-order valence-electron chi connectivity index (χ1n) is 10.8. The van der Waals surface area contributed by atoms with Gasteiger partial charge < -0.3 is 15.0 Å². The maximum Gasteiger partial charge on any atom is 0.261 e. The predicted octanol–water partition coefficient (Wildman–Crippen LogP) is 4.41. The van der Waals surface area contributed by atoms with Crippen LogP contribution >= 0.6 is 0 Å². The molecule has 0 radical (unpaired) electrons. The average Bonchev–Trinajstić information content (AvgIpc) is 2.73. The molecule has 0 fully saturated rings. The molecule has 2 aromatic rings. The molecule has 0 aromatic heterocycles. The molecule has 0 aliphatic rings. The number of benzene rings is 2. The summed E-state index contributed by atoms with van der Waals surface area (Å²) >= 11 is 0. The minimum atomic E-state index is -0.532. The first kappa shape index (κ1) is 23.5. The van der Waals surface area contributed by atoms with E-state index in [4.69, 9.17) is 4.74 Å². The molecule has 2 rings (SSSR count). The number of aryl methyl sites for hydroxylation is 2. The van der Waals surface area contributed by atoms with E-state index < -0.39 is 6.04 Å². The van der Waals surface area contributed by atoms with Crippen LogP contribution in [-0.4, -0.2) is 35.9 Å². The molecule has 5 heteroatoms. The van der Waals surface area contributed by atoms with Crippen molar-refractivity contribution >= 4 is 11.8 Å². The van der Waals surface area contributed by atoms with Crippen LogP contribution in [-0.2, 0) is 16.1 Å². The second-order valence-corrected chi connectivity index (χ2v) is 7.62. The largest absolute Gasteiger partial charge is 0.484 e. The molecule has 0 saturated carbocycles. The number of amides is 2. The normalized spacial score (nSPS) is 11.6. The molecule has 162 valence electrons. The van der Waals surface area contributed by atoms with Gasteiger partial charge in [0.15, 0.2) is 6.61 Å². The highest BCUT2D eigenvalue weighted by molar-refractivity contribution is 5.88. The summed E-state index contributed by atoms with van der Waals surface area (Å²) in [6.45, 7) is 8.91. The van der Waals surface area contributed by atoms with Crippen molar-refractivity contribution in [2.45, 2.75) is 59.5 Å². The van der Waals surface area contributed by atoms with Gasteiger partial charge in [0, 0.05) is 13.1 Å². The lowest BCUT2D eigenvalue weighted by molar-refractivity contribution is -0.143. The van der Waals surface area contributed by atoms with Gasteiger partial charge in [0.25, 0.3) is 5.91 Å². The van der Waals surface area contributed by atoms with Crippen LogP contribution < -0.4 is 10.1 Å². The molecule has 0 aliphatic carbocycles. The number of hydrogen-bond acceptors (Lipinski definition) is 3. The number of carbonyl (C=O) groups is 2. The third-order valence-corrected chi connectivity index (χ3v) is 5.17. The van der Waals surface area contributed by atoms with Gasteiger partial charge in [-0.15, -0.1) is 0 Å². The van der Waals surface area contributed by atoms with E-state index in [1.54, 1.807) is 4.90 Å². The number of unbranched alkanes of at least 4 members (excludes halogenated alkanes) is 1. The van der Waals surface area contributed by atoms with E-state index in [9.17, 15) is 9.59 Å². The Kier molecular flexibility index (Phi) is 9.39. The summed E-state index contributed by atoms with van der Waals surface area (Å²) in [4.78, 5) is 27.7. The molecule has 0 saturated heterocycles. The number of nitrogens with zero attached hydrogens (tertiary/aromatic N) is 1. The number of rotatable bonds is 11. The Balaban J connectivity index is 2.19. The maximum atomic E-state index is 13.2. The molecule has 2 amide bonds. The lowest BCUT2D eigenvalue weighted by Crippen LogP contribution is -2.50. The maximum absolute atomic E-state index is 13.2. The van der Waals surface area contributed by atoms with Gasteiger partial charge >= 0.3 is 0 Å². The fourth-order valence-electron chi connectivity index (χ4n) is 3.33. The Morgan fingerprint density at radius 1 is 1.07 bits per heavy atom. The minimum Gasteiger partial charge on any atom is -0.484 e. The second-order valence-electron chi connectivity index (χ2n) is 7.62. The number of carbonyl (C=O) groups excluding carboxylic acids is 2. The number of hydrogen-bond donors (Lipinski definition) is 1. The summed E-state index contributed by atoms with van der Waals surface area (Å²) in [5.41, 5.74) is 3.19. The van der Waals surface area contributed by atoms with E-state index in [1.165, 1.54) is 0 Å². The van der Waals surface area contributed by atoms with Gasteiger partial charge in [-0.3, -0.25) is 9.59 Å². The molecule has 0 bridgehead atoms. The second kappa shape index (κ2) is 12.0. The topological polar surface area (TPSA) is 58.6 Å². The lowest BCUT2D eigenvalue weighted by Gasteiger charge is -2.31. The summed E-state index contributed by atoms with van der Waals surface area (Å²) < 4.78 is 5.75. The summed E-state index contributed by atoms with van der Waals surface area (Å²) in [6.07, 6.45) is 2.47. The highest BCUT2D eigenvalue weighted by Crippen LogP contribution is 2.17. The molecule has 1 atom stereocenters. The van der Waals surface area contributed by atoms with E-state index in [0.29, 0.717) is 25.3 Å². The average molecular weight is 411 g/mol. The molecule has 2 aromatic carbocycles. The molecule has 0 spiro atoms. The van der Waals surface area contributed by atoms with Crippen LogP contribution in [0.4, 0.5) is 0 Å². The summed E-state index contributed by atoms with van der Waals surface area (Å²) in [5, 5.41) is 2.98. The molecule has 5 nitrogen and oxygen atoms in total. The smallest absolute Gasteiger partial charge is 0.261 e. The van der Waals surface area contributed by atoms with E-state index >= 15 is 0 Å². The first-order valence-corrected chi connectivity index (χ1v) is 10.8. The van der Waals surface area contributed by atoms with E-state index in [2.05, 4.69) is 12.2 Å². The Hall–Kier alpha value is -2.82. The van der Waals surface area contributed by atoms with Gasteiger partial charge in [-0.2, -0.15) is 0 Å². The molecule has 30 heavy (non-hydrogen) atoms. The monoisotopic (exact) mass is 410 g/mol. The van der Waals surface area contributed by atoms with Crippen molar-refractivity contribution in [3.63, 3.8) is 0 Å². The van der Waals surface area contributed by atoms with Gasteiger partial charge in [0.2, 0.25) is 5.91 Å². The van der Waals surface area contributed by atoms with Crippen LogP contribution in [0.3, 0.4) is 0 Å². The van der Waals surface area contributed by atoms with Crippen molar-refractivity contribution in [3.05, 3.63) is 65.2 Å². The third-order valence-electron chi connectivity index (χ3n) is 5.17. The molecule has 0 aliphatic heterocycles. The van der Waals surface area contributed by atoms with Gasteiger partial charge in [0.05, 0.1) is 0 Å². The molecule has 0 unspecified atom stereocenters. The zero-order valence-corrected chi connectivity index (χ0v) is 18.6. The fraction of sp³-hybridized carbons (Fsp3) is 0.440. The van der Waals surface area contributed by atoms with Crippen LogP contribution in [0, 0.1) is 13.8 Å². The predicted molar refractivity (Wildman–Crippen MR) is 120 cm³/mol. The Morgan fingerprint density at radius 3 is 2.50 bits per heavy atom. The van der Waals surface area contributed by atoms with Crippen LogP contribution in [0.2, 0.25) is 0 Å².